The Morgan fingerprint density at radius 1 is 1.26 bits per heavy atom. The van der Waals surface area contributed by atoms with E-state index in [4.69, 9.17) is 0 Å². The van der Waals surface area contributed by atoms with Crippen LogP contribution in [0.4, 0.5) is 0 Å². The maximum absolute atomic E-state index is 12.7. The molecule has 6 heteroatoms. The zero-order valence-electron chi connectivity index (χ0n) is 13.9. The average Bonchev–Trinajstić information content (AvgIpc) is 3.10. The van der Waals surface area contributed by atoms with Crippen molar-refractivity contribution in [1.82, 2.24) is 25.5 Å². The van der Waals surface area contributed by atoms with Gasteiger partial charge in [0.05, 0.1) is 0 Å². The van der Waals surface area contributed by atoms with Crippen molar-refractivity contribution in [3.8, 4) is 0 Å². The molecule has 0 spiro atoms. The molecule has 0 saturated carbocycles. The Hall–Kier alpha value is -2.24. The fourth-order valence-corrected chi connectivity index (χ4v) is 2.63. The van der Waals surface area contributed by atoms with Gasteiger partial charge in [-0.05, 0) is 28.3 Å². The Bertz CT molecular complexity index is 570. The molecule has 1 N–H and O–H groups in total. The minimum absolute atomic E-state index is 0.0709. The Kier molecular flexibility index (Phi) is 6.72. The molecule has 23 heavy (non-hydrogen) atoms. The van der Waals surface area contributed by atoms with Crippen LogP contribution in [0.1, 0.15) is 51.1 Å². The summed E-state index contributed by atoms with van der Waals surface area (Å²) in [6.07, 6.45) is 6.08. The summed E-state index contributed by atoms with van der Waals surface area (Å²) in [5.74, 6) is 0.447. The lowest BCUT2D eigenvalue weighted by molar-refractivity contribution is -0.123. The number of amides is 1. The first kappa shape index (κ1) is 17.1. The van der Waals surface area contributed by atoms with Crippen LogP contribution >= 0.6 is 0 Å². The van der Waals surface area contributed by atoms with Gasteiger partial charge in [-0.3, -0.25) is 4.79 Å². The van der Waals surface area contributed by atoms with E-state index in [1.165, 1.54) is 23.9 Å². The number of aromatic nitrogens is 4. The highest BCUT2D eigenvalue weighted by Crippen LogP contribution is 2.17. The average molecular weight is 315 g/mol. The maximum Gasteiger partial charge on any atom is 0.249 e. The van der Waals surface area contributed by atoms with Gasteiger partial charge in [-0.25, -0.2) is 4.68 Å². The van der Waals surface area contributed by atoms with Crippen LogP contribution in [-0.2, 0) is 4.79 Å². The standard InChI is InChI=1S/C17H25N5O/c1-3-5-9-14(4-2)12-18-17(23)16(22-13-19-20-21-22)15-10-7-6-8-11-15/h6-8,10-11,13-14,16H,3-5,9,12H2,1-2H3,(H,18,23)/t14?,16-/m1/s1. The Morgan fingerprint density at radius 2 is 2.04 bits per heavy atom. The highest BCUT2D eigenvalue weighted by atomic mass is 16.2. The third kappa shape index (κ3) is 4.87. The third-order valence-electron chi connectivity index (χ3n) is 4.10. The number of hydrogen-bond donors (Lipinski definition) is 1. The predicted octanol–water partition coefficient (Wildman–Crippen LogP) is 2.60. The summed E-state index contributed by atoms with van der Waals surface area (Å²) < 4.78 is 1.50. The fraction of sp³-hybridized carbons (Fsp3) is 0.529. The number of carbonyl (C=O) groups excluding carboxylic acids is 1. The summed E-state index contributed by atoms with van der Waals surface area (Å²) in [6.45, 7) is 5.05. The van der Waals surface area contributed by atoms with Crippen molar-refractivity contribution in [3.05, 3.63) is 42.2 Å². The number of benzene rings is 1. The summed E-state index contributed by atoms with van der Waals surface area (Å²) in [5, 5.41) is 14.3. The van der Waals surface area contributed by atoms with E-state index < -0.39 is 6.04 Å². The van der Waals surface area contributed by atoms with E-state index in [2.05, 4.69) is 34.7 Å². The van der Waals surface area contributed by atoms with Gasteiger partial charge in [-0.2, -0.15) is 0 Å². The molecule has 0 aliphatic rings. The van der Waals surface area contributed by atoms with Crippen molar-refractivity contribution in [2.75, 3.05) is 6.54 Å². The molecule has 0 saturated heterocycles. The number of nitrogens with zero attached hydrogens (tertiary/aromatic N) is 4. The second-order valence-corrected chi connectivity index (χ2v) is 5.76. The van der Waals surface area contributed by atoms with Crippen LogP contribution < -0.4 is 5.32 Å². The molecule has 124 valence electrons. The third-order valence-corrected chi connectivity index (χ3v) is 4.10. The summed E-state index contributed by atoms with van der Waals surface area (Å²) in [5.41, 5.74) is 0.874. The van der Waals surface area contributed by atoms with Gasteiger partial charge in [0, 0.05) is 6.54 Å². The molecule has 6 nitrogen and oxygen atoms in total. The van der Waals surface area contributed by atoms with E-state index in [1.807, 2.05) is 30.3 Å². The van der Waals surface area contributed by atoms with E-state index in [1.54, 1.807) is 0 Å². The number of tetrazole rings is 1. The van der Waals surface area contributed by atoms with Crippen LogP contribution in [0.3, 0.4) is 0 Å². The van der Waals surface area contributed by atoms with Gasteiger partial charge in [-0.1, -0.05) is 63.4 Å². The second-order valence-electron chi connectivity index (χ2n) is 5.76. The van der Waals surface area contributed by atoms with Crippen LogP contribution in [0.2, 0.25) is 0 Å². The van der Waals surface area contributed by atoms with Crippen molar-refractivity contribution in [1.29, 1.82) is 0 Å². The normalized spacial score (nSPS) is 13.5. The van der Waals surface area contributed by atoms with E-state index in [9.17, 15) is 4.79 Å². The quantitative estimate of drug-likeness (QED) is 0.772. The summed E-state index contributed by atoms with van der Waals surface area (Å²) in [6, 6.07) is 9.05. The first-order valence-electron chi connectivity index (χ1n) is 8.31. The summed E-state index contributed by atoms with van der Waals surface area (Å²) in [4.78, 5) is 12.7. The fourth-order valence-electron chi connectivity index (χ4n) is 2.63. The first-order chi connectivity index (χ1) is 11.3. The SMILES string of the molecule is CCCCC(CC)CNC(=O)[C@@H](c1ccccc1)n1cnnn1. The second kappa shape index (κ2) is 9.02. The van der Waals surface area contributed by atoms with Gasteiger partial charge in [0.15, 0.2) is 6.04 Å². The van der Waals surface area contributed by atoms with Crippen molar-refractivity contribution in [2.45, 2.75) is 45.6 Å². The smallest absolute Gasteiger partial charge is 0.249 e. The maximum atomic E-state index is 12.7. The first-order valence-corrected chi connectivity index (χ1v) is 8.31. The van der Waals surface area contributed by atoms with Gasteiger partial charge in [-0.15, -0.1) is 5.10 Å². The largest absolute Gasteiger partial charge is 0.354 e. The molecular formula is C17H25N5O. The van der Waals surface area contributed by atoms with Crippen molar-refractivity contribution in [3.63, 3.8) is 0 Å². The molecule has 2 aromatic rings. The van der Waals surface area contributed by atoms with Gasteiger partial charge >= 0.3 is 0 Å². The lowest BCUT2D eigenvalue weighted by Crippen LogP contribution is -2.36. The summed E-state index contributed by atoms with van der Waals surface area (Å²) >= 11 is 0. The van der Waals surface area contributed by atoms with Crippen LogP contribution in [0, 0.1) is 5.92 Å². The number of hydrogen-bond acceptors (Lipinski definition) is 4. The highest BCUT2D eigenvalue weighted by Gasteiger charge is 2.24. The molecule has 0 aliphatic heterocycles. The Morgan fingerprint density at radius 3 is 2.65 bits per heavy atom. The van der Waals surface area contributed by atoms with Crippen LogP contribution in [0.15, 0.2) is 36.7 Å². The Labute approximate surface area is 137 Å². The number of nitrogens with one attached hydrogen (secondary N) is 1. The molecule has 1 unspecified atom stereocenters. The lowest BCUT2D eigenvalue weighted by Gasteiger charge is -2.20. The molecule has 0 fully saturated rings. The minimum atomic E-state index is -0.533. The molecule has 1 heterocycles. The topological polar surface area (TPSA) is 72.7 Å². The van der Waals surface area contributed by atoms with Crippen LogP contribution in [-0.4, -0.2) is 32.7 Å². The summed E-state index contributed by atoms with van der Waals surface area (Å²) in [7, 11) is 0. The predicted molar refractivity (Wildman–Crippen MR) is 88.7 cm³/mol. The van der Waals surface area contributed by atoms with Gasteiger partial charge in [0.1, 0.15) is 6.33 Å². The highest BCUT2D eigenvalue weighted by molar-refractivity contribution is 5.83. The van der Waals surface area contributed by atoms with Crippen molar-refractivity contribution in [2.24, 2.45) is 5.92 Å². The molecule has 0 radical (unpaired) electrons. The van der Waals surface area contributed by atoms with Crippen molar-refractivity contribution < 1.29 is 4.79 Å². The minimum Gasteiger partial charge on any atom is -0.354 e. The zero-order valence-corrected chi connectivity index (χ0v) is 13.9. The van der Waals surface area contributed by atoms with Gasteiger partial charge in [0.2, 0.25) is 5.91 Å². The molecule has 1 aromatic heterocycles. The van der Waals surface area contributed by atoms with Crippen LogP contribution in [0.5, 0.6) is 0 Å². The van der Waals surface area contributed by atoms with E-state index >= 15 is 0 Å². The molecule has 2 rings (SSSR count). The van der Waals surface area contributed by atoms with Crippen LogP contribution in [0.25, 0.3) is 0 Å². The van der Waals surface area contributed by atoms with Gasteiger partial charge < -0.3 is 5.32 Å². The number of unbranched alkanes of at least 4 members (excludes halogenated alkanes) is 1. The molecule has 1 amide bonds. The van der Waals surface area contributed by atoms with E-state index in [0.717, 1.165) is 18.4 Å². The monoisotopic (exact) mass is 315 g/mol. The molecule has 1 aromatic carbocycles. The molecule has 0 bridgehead atoms. The van der Waals surface area contributed by atoms with Crippen molar-refractivity contribution >= 4 is 5.91 Å². The molecule has 0 aliphatic carbocycles. The zero-order chi connectivity index (χ0) is 16.5. The van der Waals surface area contributed by atoms with E-state index in [0.29, 0.717) is 12.5 Å². The van der Waals surface area contributed by atoms with E-state index in [-0.39, 0.29) is 5.91 Å². The molecular weight excluding hydrogens is 290 g/mol. The molecule has 2 atom stereocenters. The lowest BCUT2D eigenvalue weighted by atomic mass is 9.99. The van der Waals surface area contributed by atoms with Gasteiger partial charge in [0.25, 0.3) is 0 Å². The Balaban J connectivity index is 2.06. The number of rotatable bonds is 9. The number of carbonyl (C=O) groups is 1.